The summed E-state index contributed by atoms with van der Waals surface area (Å²) in [7, 11) is 0. The minimum atomic E-state index is 0.570. The van der Waals surface area contributed by atoms with E-state index in [0.717, 1.165) is 31.9 Å². The van der Waals surface area contributed by atoms with Gasteiger partial charge >= 0.3 is 0 Å². The Morgan fingerprint density at radius 3 is 2.18 bits per heavy atom. The molecular weight excluding hydrogens is 428 g/mol. The van der Waals surface area contributed by atoms with Crippen molar-refractivity contribution >= 4 is 38.9 Å². The maximum atomic E-state index is 9.63. The van der Waals surface area contributed by atoms with E-state index in [1.54, 1.807) is 0 Å². The van der Waals surface area contributed by atoms with Gasteiger partial charge in [0.15, 0.2) is 0 Å². The van der Waals surface area contributed by atoms with E-state index in [1.165, 1.54) is 16.9 Å². The molecule has 0 unspecified atom stereocenters. The molecule has 0 aliphatic rings. The normalized spacial score (nSPS) is 11.2. The molecule has 0 amide bonds. The van der Waals surface area contributed by atoms with Gasteiger partial charge in [0.25, 0.3) is 0 Å². The highest BCUT2D eigenvalue weighted by Gasteiger charge is 2.09. The number of benzene rings is 3. The molecule has 134 valence electrons. The van der Waals surface area contributed by atoms with Gasteiger partial charge in [-0.1, -0.05) is 82.7 Å². The van der Waals surface area contributed by atoms with E-state index in [4.69, 9.17) is 0 Å². The molecule has 28 heavy (non-hydrogen) atoms. The van der Waals surface area contributed by atoms with E-state index >= 15 is 0 Å². The lowest BCUT2D eigenvalue weighted by Crippen LogP contribution is -1.83. The van der Waals surface area contributed by atoms with Crippen LogP contribution in [0.3, 0.4) is 0 Å². The second kappa shape index (κ2) is 8.35. The number of nitriles is 1. The predicted molar refractivity (Wildman–Crippen MR) is 121 cm³/mol. The third kappa shape index (κ3) is 4.12. The average Bonchev–Trinajstić information content (AvgIpc) is 3.23. The van der Waals surface area contributed by atoms with Crippen LogP contribution in [0.5, 0.6) is 0 Å². The molecule has 4 heteroatoms. The van der Waals surface area contributed by atoms with Crippen LogP contribution in [0.1, 0.15) is 10.6 Å². The van der Waals surface area contributed by atoms with E-state index in [2.05, 4.69) is 51.2 Å². The highest BCUT2D eigenvalue weighted by Crippen LogP contribution is 2.28. The molecule has 0 aliphatic carbocycles. The highest BCUT2D eigenvalue weighted by molar-refractivity contribution is 9.10. The fourth-order valence-electron chi connectivity index (χ4n) is 2.86. The van der Waals surface area contributed by atoms with Crippen LogP contribution in [-0.4, -0.2) is 4.98 Å². The van der Waals surface area contributed by atoms with Crippen LogP contribution in [0.4, 0.5) is 0 Å². The molecule has 4 aromatic rings. The zero-order valence-corrected chi connectivity index (χ0v) is 17.2. The van der Waals surface area contributed by atoms with Crippen LogP contribution < -0.4 is 0 Å². The van der Waals surface area contributed by atoms with Crippen molar-refractivity contribution in [3.8, 4) is 28.5 Å². The summed E-state index contributed by atoms with van der Waals surface area (Å²) in [4.78, 5) is 4.66. The lowest BCUT2D eigenvalue weighted by Gasteiger charge is -2.02. The second-order valence-electron chi connectivity index (χ2n) is 6.20. The fourth-order valence-corrected chi connectivity index (χ4v) is 3.92. The van der Waals surface area contributed by atoms with Crippen molar-refractivity contribution in [2.24, 2.45) is 0 Å². The Balaban J connectivity index is 1.60. The van der Waals surface area contributed by atoms with Gasteiger partial charge in [0.1, 0.15) is 11.1 Å². The smallest absolute Gasteiger partial charge is 0.134 e. The number of allylic oxidation sites excluding steroid dienone is 1. The molecule has 0 saturated carbocycles. The Hall–Kier alpha value is -3.00. The first-order valence-electron chi connectivity index (χ1n) is 8.72. The molecule has 4 rings (SSSR count). The van der Waals surface area contributed by atoms with Crippen LogP contribution in [0.15, 0.2) is 88.7 Å². The molecule has 1 aromatic heterocycles. The van der Waals surface area contributed by atoms with Crippen LogP contribution in [0.25, 0.3) is 34.0 Å². The molecule has 0 aliphatic heterocycles. The van der Waals surface area contributed by atoms with Gasteiger partial charge in [-0.3, -0.25) is 0 Å². The van der Waals surface area contributed by atoms with Crippen LogP contribution in [0.2, 0.25) is 0 Å². The largest absolute Gasteiger partial charge is 0.235 e. The predicted octanol–water partition coefficient (Wildman–Crippen LogP) is 7.30. The number of nitrogens with zero attached hydrogens (tertiary/aromatic N) is 2. The Kier molecular flexibility index (Phi) is 5.48. The van der Waals surface area contributed by atoms with E-state index in [1.807, 2.05) is 66.1 Å². The van der Waals surface area contributed by atoms with E-state index in [0.29, 0.717) is 5.57 Å². The zero-order chi connectivity index (χ0) is 19.3. The average molecular weight is 443 g/mol. The number of thiazole rings is 1. The maximum Gasteiger partial charge on any atom is 0.134 e. The molecule has 0 N–H and O–H groups in total. The first-order valence-corrected chi connectivity index (χ1v) is 10.4. The van der Waals surface area contributed by atoms with Crippen molar-refractivity contribution in [3.05, 3.63) is 99.3 Å². The zero-order valence-electron chi connectivity index (χ0n) is 14.8. The van der Waals surface area contributed by atoms with Crippen molar-refractivity contribution in [2.75, 3.05) is 0 Å². The second-order valence-corrected chi connectivity index (χ2v) is 7.98. The summed E-state index contributed by atoms with van der Waals surface area (Å²) in [6, 6.07) is 28.8. The van der Waals surface area contributed by atoms with Gasteiger partial charge in [-0.15, -0.1) is 11.3 Å². The lowest BCUT2D eigenvalue weighted by atomic mass is 10.0. The number of rotatable bonds is 4. The monoisotopic (exact) mass is 442 g/mol. The molecule has 1 heterocycles. The molecule has 0 saturated heterocycles. The molecule has 0 radical (unpaired) electrons. The standard InChI is InChI=1S/C24H15BrN2S/c25-22-12-10-20(11-13-22)23-16-28-24(27-23)21(15-26)14-17-6-8-19(9-7-17)18-4-2-1-3-5-18/h1-14,16H/b21-14+. The number of hydrogen-bond acceptors (Lipinski definition) is 3. The fraction of sp³-hybridized carbons (Fsp3) is 0. The third-order valence-corrected chi connectivity index (χ3v) is 5.73. The summed E-state index contributed by atoms with van der Waals surface area (Å²) in [5.74, 6) is 0. The first kappa shape index (κ1) is 18.4. The van der Waals surface area contributed by atoms with Crippen molar-refractivity contribution < 1.29 is 0 Å². The number of aromatic nitrogens is 1. The molecular formula is C24H15BrN2S. The topological polar surface area (TPSA) is 36.7 Å². The van der Waals surface area contributed by atoms with Crippen LogP contribution >= 0.6 is 27.3 Å². The summed E-state index contributed by atoms with van der Waals surface area (Å²) in [5, 5.41) is 12.3. The maximum absolute atomic E-state index is 9.63. The van der Waals surface area contributed by atoms with Gasteiger partial charge in [-0.05, 0) is 34.9 Å². The summed E-state index contributed by atoms with van der Waals surface area (Å²) in [6.07, 6.45) is 1.89. The Bertz CT molecular complexity index is 1150. The van der Waals surface area contributed by atoms with E-state index < -0.39 is 0 Å². The van der Waals surface area contributed by atoms with Crippen molar-refractivity contribution in [3.63, 3.8) is 0 Å². The summed E-state index contributed by atoms with van der Waals surface area (Å²) >= 11 is 4.93. The van der Waals surface area contributed by atoms with Gasteiger partial charge in [-0.2, -0.15) is 5.26 Å². The van der Waals surface area contributed by atoms with Gasteiger partial charge in [0.2, 0.25) is 0 Å². The molecule has 0 fully saturated rings. The van der Waals surface area contributed by atoms with Gasteiger partial charge in [0, 0.05) is 15.4 Å². The quantitative estimate of drug-likeness (QED) is 0.310. The minimum absolute atomic E-state index is 0.570. The first-order chi connectivity index (χ1) is 13.7. The third-order valence-electron chi connectivity index (χ3n) is 4.32. The highest BCUT2D eigenvalue weighted by atomic mass is 79.9. The lowest BCUT2D eigenvalue weighted by molar-refractivity contribution is 1.37. The van der Waals surface area contributed by atoms with Gasteiger partial charge in [-0.25, -0.2) is 4.98 Å². The summed E-state index contributed by atoms with van der Waals surface area (Å²) in [5.41, 5.74) is 5.81. The summed E-state index contributed by atoms with van der Waals surface area (Å²) < 4.78 is 1.03. The van der Waals surface area contributed by atoms with E-state index in [9.17, 15) is 5.26 Å². The molecule has 0 spiro atoms. The van der Waals surface area contributed by atoms with E-state index in [-0.39, 0.29) is 0 Å². The SMILES string of the molecule is N#C/C(=C\c1ccc(-c2ccccc2)cc1)c1nc(-c2ccc(Br)cc2)cs1. The number of hydrogen-bond donors (Lipinski definition) is 0. The Morgan fingerprint density at radius 1 is 0.857 bits per heavy atom. The van der Waals surface area contributed by atoms with Crippen LogP contribution in [-0.2, 0) is 0 Å². The van der Waals surface area contributed by atoms with Crippen molar-refractivity contribution in [1.82, 2.24) is 4.98 Å². The van der Waals surface area contributed by atoms with Crippen LogP contribution in [0, 0.1) is 11.3 Å². The number of halogens is 1. The molecule has 3 aromatic carbocycles. The van der Waals surface area contributed by atoms with Crippen molar-refractivity contribution in [2.45, 2.75) is 0 Å². The van der Waals surface area contributed by atoms with Gasteiger partial charge < -0.3 is 0 Å². The minimum Gasteiger partial charge on any atom is -0.235 e. The Morgan fingerprint density at radius 2 is 1.50 bits per heavy atom. The molecule has 0 bridgehead atoms. The molecule has 0 atom stereocenters. The molecule has 2 nitrogen and oxygen atoms in total. The van der Waals surface area contributed by atoms with Gasteiger partial charge in [0.05, 0.1) is 11.3 Å². The van der Waals surface area contributed by atoms with Crippen molar-refractivity contribution in [1.29, 1.82) is 5.26 Å². The summed E-state index contributed by atoms with van der Waals surface area (Å²) in [6.45, 7) is 0. The Labute approximate surface area is 176 Å².